The van der Waals surface area contributed by atoms with Crippen LogP contribution in [0.3, 0.4) is 0 Å². The van der Waals surface area contributed by atoms with Crippen LogP contribution in [-0.2, 0) is 0 Å². The SMILES string of the molecule is Cc1ccc(-c2cc(C(=O)Nc3c(C(=O)Nc4ccc(Cl)cc4)oc4ccccc34)[nH]n2)c(O)c1C. The first-order chi connectivity index (χ1) is 17.3. The van der Waals surface area contributed by atoms with Gasteiger partial charge >= 0.3 is 0 Å². The molecule has 5 rings (SSSR count). The molecule has 2 aromatic heterocycles. The summed E-state index contributed by atoms with van der Waals surface area (Å²) in [6.45, 7) is 3.72. The van der Waals surface area contributed by atoms with Crippen LogP contribution in [0.1, 0.15) is 32.2 Å². The van der Waals surface area contributed by atoms with E-state index in [1.54, 1.807) is 54.6 Å². The van der Waals surface area contributed by atoms with E-state index in [1.165, 1.54) is 6.07 Å². The number of H-pyrrole nitrogens is 1. The highest BCUT2D eigenvalue weighted by Crippen LogP contribution is 2.34. The molecule has 0 spiro atoms. The number of aromatic hydroxyl groups is 1. The fourth-order valence-corrected chi connectivity index (χ4v) is 3.94. The number of nitrogens with zero attached hydrogens (tertiary/aromatic N) is 1. The van der Waals surface area contributed by atoms with E-state index in [0.29, 0.717) is 32.9 Å². The second-order valence-corrected chi connectivity index (χ2v) is 8.72. The van der Waals surface area contributed by atoms with Gasteiger partial charge in [0.1, 0.15) is 22.7 Å². The number of aryl methyl sites for hydroxylation is 1. The van der Waals surface area contributed by atoms with Crippen molar-refractivity contribution in [1.29, 1.82) is 0 Å². The molecule has 0 saturated heterocycles. The number of aromatic nitrogens is 2. The number of anilines is 2. The standard InChI is InChI=1S/C27H21ClN4O4/c1-14-7-12-18(24(33)15(14)2)20-13-21(32-31-20)26(34)30-23-19-5-3-4-6-22(19)36-25(23)27(35)29-17-10-8-16(28)9-11-17/h3-13,33H,1-2H3,(H,29,35)(H,30,34)(H,31,32). The number of carbonyl (C=O) groups is 2. The van der Waals surface area contributed by atoms with Gasteiger partial charge in [0.05, 0.1) is 5.69 Å². The summed E-state index contributed by atoms with van der Waals surface area (Å²) >= 11 is 5.92. The molecule has 0 radical (unpaired) electrons. The molecule has 36 heavy (non-hydrogen) atoms. The van der Waals surface area contributed by atoms with Gasteiger partial charge in [-0.2, -0.15) is 5.10 Å². The number of phenolic OH excluding ortho intramolecular Hbond substituents is 1. The summed E-state index contributed by atoms with van der Waals surface area (Å²) < 4.78 is 5.80. The average molecular weight is 501 g/mol. The summed E-state index contributed by atoms with van der Waals surface area (Å²) in [5.41, 5.74) is 3.95. The maximum atomic E-state index is 13.1. The van der Waals surface area contributed by atoms with Crippen LogP contribution in [-0.4, -0.2) is 27.1 Å². The molecule has 180 valence electrons. The fraction of sp³-hybridized carbons (Fsp3) is 0.0741. The number of benzene rings is 3. The molecular weight excluding hydrogens is 480 g/mol. The van der Waals surface area contributed by atoms with E-state index in [9.17, 15) is 14.7 Å². The van der Waals surface area contributed by atoms with Crippen molar-refractivity contribution in [2.24, 2.45) is 0 Å². The highest BCUT2D eigenvalue weighted by atomic mass is 35.5. The molecule has 0 aliphatic heterocycles. The Balaban J connectivity index is 1.45. The third-order valence-corrected chi connectivity index (χ3v) is 6.19. The smallest absolute Gasteiger partial charge is 0.293 e. The summed E-state index contributed by atoms with van der Waals surface area (Å²) in [5, 5.41) is 24.1. The molecule has 0 aliphatic rings. The summed E-state index contributed by atoms with van der Waals surface area (Å²) in [6.07, 6.45) is 0. The van der Waals surface area contributed by atoms with Crippen molar-refractivity contribution in [2.45, 2.75) is 13.8 Å². The van der Waals surface area contributed by atoms with Gasteiger partial charge in [0.25, 0.3) is 11.8 Å². The molecular formula is C27H21ClN4O4. The van der Waals surface area contributed by atoms with E-state index in [1.807, 2.05) is 19.9 Å². The van der Waals surface area contributed by atoms with Crippen LogP contribution < -0.4 is 10.6 Å². The molecule has 0 unspecified atom stereocenters. The monoisotopic (exact) mass is 500 g/mol. The maximum Gasteiger partial charge on any atom is 0.293 e. The number of nitrogens with one attached hydrogen (secondary N) is 3. The molecule has 9 heteroatoms. The number of furan rings is 1. The number of fused-ring (bicyclic) bond motifs is 1. The first-order valence-electron chi connectivity index (χ1n) is 11.1. The molecule has 8 nitrogen and oxygen atoms in total. The Kier molecular flexibility index (Phi) is 5.95. The molecule has 0 saturated carbocycles. The Morgan fingerprint density at radius 3 is 2.50 bits per heavy atom. The lowest BCUT2D eigenvalue weighted by molar-refractivity contribution is 0.0999. The van der Waals surface area contributed by atoms with E-state index in [-0.39, 0.29) is 22.9 Å². The predicted molar refractivity (Wildman–Crippen MR) is 139 cm³/mol. The summed E-state index contributed by atoms with van der Waals surface area (Å²) in [5.74, 6) is -1.00. The first kappa shape index (κ1) is 23.2. The van der Waals surface area contributed by atoms with E-state index in [0.717, 1.165) is 11.1 Å². The molecule has 0 bridgehead atoms. The van der Waals surface area contributed by atoms with Gasteiger partial charge in [-0.15, -0.1) is 0 Å². The highest BCUT2D eigenvalue weighted by Gasteiger charge is 2.24. The molecule has 2 heterocycles. The van der Waals surface area contributed by atoms with Crippen LogP contribution in [0.5, 0.6) is 5.75 Å². The zero-order valence-corrected chi connectivity index (χ0v) is 20.1. The van der Waals surface area contributed by atoms with Gasteiger partial charge in [-0.25, -0.2) is 0 Å². The van der Waals surface area contributed by atoms with E-state index >= 15 is 0 Å². The number of hydrogen-bond acceptors (Lipinski definition) is 5. The van der Waals surface area contributed by atoms with Crippen LogP contribution in [0.4, 0.5) is 11.4 Å². The minimum Gasteiger partial charge on any atom is -0.507 e. The number of halogens is 1. The zero-order chi connectivity index (χ0) is 25.4. The number of hydrogen-bond donors (Lipinski definition) is 4. The van der Waals surface area contributed by atoms with Gasteiger partial charge in [-0.1, -0.05) is 29.8 Å². The Labute approximate surface area is 210 Å². The van der Waals surface area contributed by atoms with E-state index < -0.39 is 11.8 Å². The van der Waals surface area contributed by atoms with Gasteiger partial charge in [0.15, 0.2) is 0 Å². The van der Waals surface area contributed by atoms with Crippen molar-refractivity contribution in [2.75, 3.05) is 10.6 Å². The van der Waals surface area contributed by atoms with Gasteiger partial charge in [-0.05, 0) is 73.5 Å². The Bertz CT molecular complexity index is 1620. The van der Waals surface area contributed by atoms with Crippen molar-refractivity contribution in [1.82, 2.24) is 10.2 Å². The molecule has 5 aromatic rings. The molecule has 2 amide bonds. The second-order valence-electron chi connectivity index (χ2n) is 8.29. The quantitative estimate of drug-likeness (QED) is 0.225. The summed E-state index contributed by atoms with van der Waals surface area (Å²) in [7, 11) is 0. The van der Waals surface area contributed by atoms with Crippen molar-refractivity contribution in [3.05, 3.63) is 94.3 Å². The fourth-order valence-electron chi connectivity index (χ4n) is 3.82. The molecule has 3 aromatic carbocycles. The summed E-state index contributed by atoms with van der Waals surface area (Å²) in [4.78, 5) is 26.2. The second kappa shape index (κ2) is 9.24. The van der Waals surface area contributed by atoms with Crippen molar-refractivity contribution in [3.63, 3.8) is 0 Å². The Hall–Kier alpha value is -4.56. The number of carbonyl (C=O) groups excluding carboxylic acids is 2. The van der Waals surface area contributed by atoms with Gasteiger partial charge in [0, 0.05) is 21.7 Å². The predicted octanol–water partition coefficient (Wildman–Crippen LogP) is 6.30. The van der Waals surface area contributed by atoms with Gasteiger partial charge in [-0.3, -0.25) is 14.7 Å². The Morgan fingerprint density at radius 2 is 1.72 bits per heavy atom. The number of phenols is 1. The molecule has 0 aliphatic carbocycles. The van der Waals surface area contributed by atoms with Crippen molar-refractivity contribution >= 4 is 45.8 Å². The molecule has 0 fully saturated rings. The van der Waals surface area contributed by atoms with Crippen molar-refractivity contribution in [3.8, 4) is 17.0 Å². The third kappa shape index (κ3) is 4.30. The zero-order valence-electron chi connectivity index (χ0n) is 19.3. The van der Waals surface area contributed by atoms with E-state index in [4.69, 9.17) is 16.0 Å². The largest absolute Gasteiger partial charge is 0.507 e. The van der Waals surface area contributed by atoms with E-state index in [2.05, 4.69) is 20.8 Å². The van der Waals surface area contributed by atoms with Crippen LogP contribution in [0.2, 0.25) is 5.02 Å². The van der Waals surface area contributed by atoms with Crippen LogP contribution >= 0.6 is 11.6 Å². The Morgan fingerprint density at radius 1 is 0.972 bits per heavy atom. The molecule has 4 N–H and O–H groups in total. The number of aromatic amines is 1. The molecule has 0 atom stereocenters. The lowest BCUT2D eigenvalue weighted by Crippen LogP contribution is -2.17. The van der Waals surface area contributed by atoms with Gasteiger partial charge in [0.2, 0.25) is 5.76 Å². The van der Waals surface area contributed by atoms with Gasteiger partial charge < -0.3 is 20.2 Å². The van der Waals surface area contributed by atoms with Crippen molar-refractivity contribution < 1.29 is 19.1 Å². The lowest BCUT2D eigenvalue weighted by atomic mass is 10.0. The number of rotatable bonds is 5. The lowest BCUT2D eigenvalue weighted by Gasteiger charge is -2.07. The number of para-hydroxylation sites is 1. The third-order valence-electron chi connectivity index (χ3n) is 5.94. The van der Waals surface area contributed by atoms with Crippen LogP contribution in [0, 0.1) is 13.8 Å². The van der Waals surface area contributed by atoms with Crippen LogP contribution in [0.25, 0.3) is 22.2 Å². The van der Waals surface area contributed by atoms with Crippen LogP contribution in [0.15, 0.2) is 71.1 Å². The highest BCUT2D eigenvalue weighted by molar-refractivity contribution is 6.30. The topological polar surface area (TPSA) is 120 Å². The normalized spacial score (nSPS) is 11.0. The average Bonchev–Trinajstić information content (AvgIpc) is 3.50. The minimum atomic E-state index is -0.533. The maximum absolute atomic E-state index is 13.1. The summed E-state index contributed by atoms with van der Waals surface area (Å²) in [6, 6.07) is 18.8. The number of amides is 2. The first-order valence-corrected chi connectivity index (χ1v) is 11.4. The minimum absolute atomic E-state index is 0.0500.